The highest BCUT2D eigenvalue weighted by Gasteiger charge is 2.31. The lowest BCUT2D eigenvalue weighted by Crippen LogP contribution is -2.24. The Balaban J connectivity index is 2.06. The Labute approximate surface area is 120 Å². The second kappa shape index (κ2) is 4.98. The van der Waals surface area contributed by atoms with E-state index in [4.69, 9.17) is 11.6 Å². The second-order valence-corrected chi connectivity index (χ2v) is 5.96. The van der Waals surface area contributed by atoms with Gasteiger partial charge in [-0.1, -0.05) is 18.5 Å². The predicted octanol–water partition coefficient (Wildman–Crippen LogP) is 3.48. The molecule has 1 amide bonds. The zero-order chi connectivity index (χ0) is 13.4. The molecule has 4 nitrogen and oxygen atoms in total. The van der Waals surface area contributed by atoms with E-state index in [1.165, 1.54) is 0 Å². The van der Waals surface area contributed by atoms with E-state index in [9.17, 15) is 4.79 Å². The number of nitrogens with one attached hydrogen (secondary N) is 1. The van der Waals surface area contributed by atoms with Crippen molar-refractivity contribution in [1.82, 2.24) is 9.78 Å². The third-order valence-corrected chi connectivity index (χ3v) is 4.76. The van der Waals surface area contributed by atoms with Gasteiger partial charge in [-0.3, -0.25) is 4.79 Å². The van der Waals surface area contributed by atoms with Crippen molar-refractivity contribution >= 4 is 34.7 Å². The Morgan fingerprint density at radius 1 is 1.63 bits per heavy atom. The Bertz CT molecular complexity index is 619. The minimum Gasteiger partial charge on any atom is -0.311 e. The lowest BCUT2D eigenvalue weighted by Gasteiger charge is -2.22. The second-order valence-electron chi connectivity index (χ2n) is 4.61. The van der Waals surface area contributed by atoms with Crippen LogP contribution in [0.15, 0.2) is 17.6 Å². The van der Waals surface area contributed by atoms with Gasteiger partial charge in [0.25, 0.3) is 0 Å². The van der Waals surface area contributed by atoms with Gasteiger partial charge in [-0.15, -0.1) is 11.3 Å². The van der Waals surface area contributed by atoms with Gasteiger partial charge in [0.1, 0.15) is 5.82 Å². The van der Waals surface area contributed by atoms with E-state index in [-0.39, 0.29) is 11.8 Å². The van der Waals surface area contributed by atoms with Crippen LogP contribution in [0, 0.1) is 0 Å². The third kappa shape index (κ3) is 2.17. The van der Waals surface area contributed by atoms with Crippen molar-refractivity contribution in [3.8, 4) is 0 Å². The fourth-order valence-electron chi connectivity index (χ4n) is 2.44. The quantitative estimate of drug-likeness (QED) is 0.942. The first kappa shape index (κ1) is 12.7. The van der Waals surface area contributed by atoms with E-state index < -0.39 is 0 Å². The van der Waals surface area contributed by atoms with E-state index >= 15 is 0 Å². The molecule has 0 saturated heterocycles. The first-order valence-corrected chi connectivity index (χ1v) is 7.55. The van der Waals surface area contributed by atoms with Crippen molar-refractivity contribution in [3.63, 3.8) is 0 Å². The number of rotatable bonds is 3. The van der Waals surface area contributed by atoms with Crippen molar-refractivity contribution in [1.29, 1.82) is 0 Å². The third-order valence-electron chi connectivity index (χ3n) is 3.29. The molecule has 0 bridgehead atoms. The van der Waals surface area contributed by atoms with Gasteiger partial charge in [0.15, 0.2) is 0 Å². The van der Waals surface area contributed by atoms with Crippen LogP contribution >= 0.6 is 22.9 Å². The molecule has 0 fully saturated rings. The molecule has 0 saturated carbocycles. The molecular formula is C13H14ClN3OS. The number of amides is 1. The largest absolute Gasteiger partial charge is 0.311 e. The van der Waals surface area contributed by atoms with Gasteiger partial charge in [-0.25, -0.2) is 4.68 Å². The van der Waals surface area contributed by atoms with Crippen LogP contribution in [0.5, 0.6) is 0 Å². The maximum Gasteiger partial charge on any atom is 0.226 e. The minimum absolute atomic E-state index is 0.0276. The molecule has 19 heavy (non-hydrogen) atoms. The molecule has 1 aliphatic rings. The molecule has 0 aromatic carbocycles. The number of carbonyl (C=O) groups is 1. The highest BCUT2D eigenvalue weighted by Crippen LogP contribution is 2.42. The van der Waals surface area contributed by atoms with Gasteiger partial charge in [0.05, 0.1) is 11.2 Å². The molecule has 2 aromatic heterocycles. The van der Waals surface area contributed by atoms with E-state index in [1.807, 2.05) is 22.3 Å². The van der Waals surface area contributed by atoms with Gasteiger partial charge in [0.2, 0.25) is 5.91 Å². The average Bonchev–Trinajstić information content (AvgIpc) is 2.96. The number of halogens is 1. The van der Waals surface area contributed by atoms with Gasteiger partial charge in [-0.05, 0) is 17.9 Å². The van der Waals surface area contributed by atoms with Crippen molar-refractivity contribution in [2.24, 2.45) is 0 Å². The van der Waals surface area contributed by atoms with Crippen molar-refractivity contribution < 1.29 is 4.79 Å². The summed E-state index contributed by atoms with van der Waals surface area (Å²) in [7, 11) is 0. The number of nitrogens with zero attached hydrogens (tertiary/aromatic N) is 2. The van der Waals surface area contributed by atoms with Crippen LogP contribution < -0.4 is 5.32 Å². The van der Waals surface area contributed by atoms with Crippen molar-refractivity contribution in [2.75, 3.05) is 5.32 Å². The molecular weight excluding hydrogens is 282 g/mol. The first-order valence-electron chi connectivity index (χ1n) is 6.29. The molecule has 6 heteroatoms. The number of thiophene rings is 1. The predicted molar refractivity (Wildman–Crippen MR) is 76.9 cm³/mol. The molecule has 1 atom stereocenters. The Morgan fingerprint density at radius 2 is 2.47 bits per heavy atom. The summed E-state index contributed by atoms with van der Waals surface area (Å²) in [5.41, 5.74) is 1.07. The zero-order valence-electron chi connectivity index (χ0n) is 10.5. The van der Waals surface area contributed by atoms with Crippen LogP contribution in [0.4, 0.5) is 5.82 Å². The average molecular weight is 296 g/mol. The molecule has 3 rings (SSSR count). The van der Waals surface area contributed by atoms with Gasteiger partial charge in [0, 0.05) is 29.3 Å². The summed E-state index contributed by atoms with van der Waals surface area (Å²) in [4.78, 5) is 13.0. The van der Waals surface area contributed by atoms with Crippen LogP contribution in [0.2, 0.25) is 5.02 Å². The fraction of sp³-hybridized carbons (Fsp3) is 0.385. The molecule has 0 aliphatic carbocycles. The highest BCUT2D eigenvalue weighted by molar-refractivity contribution is 7.10. The van der Waals surface area contributed by atoms with Crippen LogP contribution in [-0.4, -0.2) is 15.7 Å². The summed E-state index contributed by atoms with van der Waals surface area (Å²) in [6.07, 6.45) is 3.27. The van der Waals surface area contributed by atoms with Crippen LogP contribution in [0.1, 0.15) is 36.1 Å². The van der Waals surface area contributed by atoms with Gasteiger partial charge in [-0.2, -0.15) is 5.10 Å². The number of aromatic nitrogens is 2. The van der Waals surface area contributed by atoms with Crippen molar-refractivity contribution in [3.05, 3.63) is 33.1 Å². The molecule has 0 spiro atoms. The van der Waals surface area contributed by atoms with E-state index in [0.29, 0.717) is 6.42 Å². The number of hydrogen-bond donors (Lipinski definition) is 1. The van der Waals surface area contributed by atoms with E-state index in [1.54, 1.807) is 11.3 Å². The van der Waals surface area contributed by atoms with Crippen LogP contribution in [-0.2, 0) is 11.3 Å². The monoisotopic (exact) mass is 295 g/mol. The molecule has 0 radical (unpaired) electrons. The maximum atomic E-state index is 11.9. The summed E-state index contributed by atoms with van der Waals surface area (Å²) in [6, 6.07) is 1.88. The number of anilines is 1. The number of carbonyl (C=O) groups excluding carboxylic acids is 1. The molecule has 1 N–H and O–H groups in total. The maximum absolute atomic E-state index is 11.9. The first-order chi connectivity index (χ1) is 9.20. The van der Waals surface area contributed by atoms with Crippen LogP contribution in [0.3, 0.4) is 0 Å². The number of hydrogen-bond acceptors (Lipinski definition) is 3. The SMILES string of the molecule is CCCn1ncc2c1NC(=O)CC2c1sccc1Cl. The van der Waals surface area contributed by atoms with E-state index in [2.05, 4.69) is 17.3 Å². The summed E-state index contributed by atoms with van der Waals surface area (Å²) in [5, 5.41) is 10.00. The van der Waals surface area contributed by atoms with E-state index in [0.717, 1.165) is 34.2 Å². The smallest absolute Gasteiger partial charge is 0.226 e. The summed E-state index contributed by atoms with van der Waals surface area (Å²) < 4.78 is 1.86. The molecule has 2 aromatic rings. The topological polar surface area (TPSA) is 46.9 Å². The molecule has 1 unspecified atom stereocenters. The Hall–Kier alpha value is -1.33. The number of aryl methyl sites for hydroxylation is 1. The minimum atomic E-state index is 0.0276. The standard InChI is InChI=1S/C13H14ClN3OS/c1-2-4-17-13-9(7-15-17)8(6-11(18)16-13)12-10(14)3-5-19-12/h3,5,7-8H,2,4,6H2,1H3,(H,16,18). The number of fused-ring (bicyclic) bond motifs is 1. The fourth-order valence-corrected chi connectivity index (χ4v) is 3.75. The van der Waals surface area contributed by atoms with Gasteiger partial charge >= 0.3 is 0 Å². The lowest BCUT2D eigenvalue weighted by atomic mass is 9.93. The molecule has 1 aliphatic heterocycles. The van der Waals surface area contributed by atoms with Gasteiger partial charge < -0.3 is 5.32 Å². The van der Waals surface area contributed by atoms with Crippen LogP contribution in [0.25, 0.3) is 0 Å². The Morgan fingerprint density at radius 3 is 3.16 bits per heavy atom. The normalized spacial score (nSPS) is 18.2. The van der Waals surface area contributed by atoms with Crippen molar-refractivity contribution in [2.45, 2.75) is 32.2 Å². The lowest BCUT2D eigenvalue weighted by molar-refractivity contribution is -0.116. The summed E-state index contributed by atoms with van der Waals surface area (Å²) >= 11 is 7.80. The highest BCUT2D eigenvalue weighted by atomic mass is 35.5. The molecule has 3 heterocycles. The molecule has 100 valence electrons. The zero-order valence-corrected chi connectivity index (χ0v) is 12.1. The Kier molecular flexibility index (Phi) is 3.33. The summed E-state index contributed by atoms with van der Waals surface area (Å²) in [6.45, 7) is 2.90. The summed E-state index contributed by atoms with van der Waals surface area (Å²) in [5.74, 6) is 0.884.